The SMILES string of the molecule is Nc1ccc(Oc2ccc(C(=O)C(COCc3ccccc3)NC(=O)C3Cc4ccccc4C3)cc2)cc1. The lowest BCUT2D eigenvalue weighted by molar-refractivity contribution is -0.125. The molecule has 0 saturated heterocycles. The quantitative estimate of drug-likeness (QED) is 0.223. The molecule has 1 atom stereocenters. The molecule has 5 rings (SSSR count). The number of hydrogen-bond acceptors (Lipinski definition) is 5. The van der Waals surface area contributed by atoms with Gasteiger partial charge in [-0.15, -0.1) is 0 Å². The van der Waals surface area contributed by atoms with Crippen LogP contribution in [0.15, 0.2) is 103 Å². The summed E-state index contributed by atoms with van der Waals surface area (Å²) in [5, 5.41) is 2.98. The zero-order valence-corrected chi connectivity index (χ0v) is 21.0. The zero-order valence-electron chi connectivity index (χ0n) is 21.0. The lowest BCUT2D eigenvalue weighted by Gasteiger charge is -2.20. The van der Waals surface area contributed by atoms with E-state index in [2.05, 4.69) is 17.4 Å². The van der Waals surface area contributed by atoms with Crippen LogP contribution in [0.1, 0.15) is 27.0 Å². The molecule has 6 heteroatoms. The van der Waals surface area contributed by atoms with Gasteiger partial charge < -0.3 is 20.5 Å². The standard InChI is InChI=1S/C32H30N2O4/c33-27-12-16-29(17-13-27)38-28-14-10-23(11-15-28)31(35)30(21-37-20-22-6-2-1-3-7-22)34-32(36)26-18-24-8-4-5-9-25(24)19-26/h1-17,26,30H,18-21,33H2,(H,34,36). The summed E-state index contributed by atoms with van der Waals surface area (Å²) in [6.07, 6.45) is 1.34. The topological polar surface area (TPSA) is 90.7 Å². The van der Waals surface area contributed by atoms with Gasteiger partial charge in [0.25, 0.3) is 0 Å². The van der Waals surface area contributed by atoms with Gasteiger partial charge in [0.05, 0.1) is 13.2 Å². The normalized spacial score (nSPS) is 13.5. The number of carbonyl (C=O) groups excluding carboxylic acids is 2. The Labute approximate surface area is 222 Å². The van der Waals surface area contributed by atoms with Gasteiger partial charge >= 0.3 is 0 Å². The first-order valence-corrected chi connectivity index (χ1v) is 12.7. The minimum atomic E-state index is -0.807. The highest BCUT2D eigenvalue weighted by molar-refractivity contribution is 6.02. The predicted molar refractivity (Wildman–Crippen MR) is 147 cm³/mol. The molecule has 0 aliphatic heterocycles. The molecule has 1 aliphatic carbocycles. The van der Waals surface area contributed by atoms with Crippen LogP contribution in [0.2, 0.25) is 0 Å². The number of amides is 1. The molecule has 1 unspecified atom stereocenters. The molecule has 6 nitrogen and oxygen atoms in total. The molecule has 0 aromatic heterocycles. The third kappa shape index (κ3) is 6.28. The summed E-state index contributed by atoms with van der Waals surface area (Å²) in [5.41, 5.74) is 10.2. The fraction of sp³-hybridized carbons (Fsp3) is 0.188. The van der Waals surface area contributed by atoms with Gasteiger partial charge in [-0.3, -0.25) is 9.59 Å². The van der Waals surface area contributed by atoms with Crippen LogP contribution < -0.4 is 15.8 Å². The second-order valence-corrected chi connectivity index (χ2v) is 9.50. The van der Waals surface area contributed by atoms with E-state index < -0.39 is 6.04 Å². The van der Waals surface area contributed by atoms with Crippen LogP contribution in [0.25, 0.3) is 0 Å². The molecule has 0 heterocycles. The molecule has 4 aromatic rings. The van der Waals surface area contributed by atoms with Gasteiger partial charge in [-0.1, -0.05) is 54.6 Å². The van der Waals surface area contributed by atoms with Crippen LogP contribution in [0.4, 0.5) is 5.69 Å². The molecule has 4 aromatic carbocycles. The van der Waals surface area contributed by atoms with Crippen molar-refractivity contribution in [2.45, 2.75) is 25.5 Å². The van der Waals surface area contributed by atoms with E-state index in [9.17, 15) is 9.59 Å². The molecule has 192 valence electrons. The lowest BCUT2D eigenvalue weighted by atomic mass is 10.0. The van der Waals surface area contributed by atoms with E-state index in [1.54, 1.807) is 48.5 Å². The van der Waals surface area contributed by atoms with Crippen LogP contribution in [-0.2, 0) is 29.0 Å². The monoisotopic (exact) mass is 506 g/mol. The van der Waals surface area contributed by atoms with Crippen LogP contribution >= 0.6 is 0 Å². The minimum Gasteiger partial charge on any atom is -0.457 e. The van der Waals surface area contributed by atoms with E-state index in [0.29, 0.717) is 42.2 Å². The largest absolute Gasteiger partial charge is 0.457 e. The first-order valence-electron chi connectivity index (χ1n) is 12.7. The Balaban J connectivity index is 1.26. The Hall–Kier alpha value is -4.42. The van der Waals surface area contributed by atoms with Crippen molar-refractivity contribution in [3.63, 3.8) is 0 Å². The molecule has 0 spiro atoms. The maximum absolute atomic E-state index is 13.5. The lowest BCUT2D eigenvalue weighted by Crippen LogP contribution is -2.46. The highest BCUT2D eigenvalue weighted by Gasteiger charge is 2.30. The summed E-state index contributed by atoms with van der Waals surface area (Å²) in [6.45, 7) is 0.423. The molecule has 0 radical (unpaired) electrons. The van der Waals surface area contributed by atoms with E-state index in [0.717, 1.165) is 5.56 Å². The number of nitrogens with two attached hydrogens (primary N) is 1. The summed E-state index contributed by atoms with van der Waals surface area (Å²) in [7, 11) is 0. The van der Waals surface area contributed by atoms with E-state index in [1.807, 2.05) is 42.5 Å². The summed E-state index contributed by atoms with van der Waals surface area (Å²) >= 11 is 0. The smallest absolute Gasteiger partial charge is 0.224 e. The van der Waals surface area contributed by atoms with E-state index >= 15 is 0 Å². The van der Waals surface area contributed by atoms with Crippen LogP contribution in [0.5, 0.6) is 11.5 Å². The minimum absolute atomic E-state index is 0.0722. The van der Waals surface area contributed by atoms with Gasteiger partial charge in [0.2, 0.25) is 5.91 Å². The van der Waals surface area contributed by atoms with Gasteiger partial charge in [-0.05, 0) is 78.1 Å². The Morgan fingerprint density at radius 2 is 1.37 bits per heavy atom. The van der Waals surface area contributed by atoms with Crippen molar-refractivity contribution in [1.29, 1.82) is 0 Å². The number of rotatable bonds is 10. The van der Waals surface area contributed by atoms with E-state index in [4.69, 9.17) is 15.2 Å². The zero-order chi connectivity index (χ0) is 26.3. The third-order valence-corrected chi connectivity index (χ3v) is 6.71. The average Bonchev–Trinajstić information content (AvgIpc) is 3.39. The molecule has 1 amide bonds. The van der Waals surface area contributed by atoms with Gasteiger partial charge in [0, 0.05) is 17.2 Å². The van der Waals surface area contributed by atoms with Crippen molar-refractivity contribution in [2.75, 3.05) is 12.3 Å². The maximum Gasteiger partial charge on any atom is 0.224 e. The molecule has 0 saturated carbocycles. The summed E-state index contributed by atoms with van der Waals surface area (Å²) in [6, 6.07) is 31.0. The Bertz CT molecular complexity index is 1360. The number of fused-ring (bicyclic) bond motifs is 1. The van der Waals surface area contributed by atoms with Crippen molar-refractivity contribution in [2.24, 2.45) is 5.92 Å². The number of ether oxygens (including phenoxy) is 2. The summed E-state index contributed by atoms with van der Waals surface area (Å²) in [5.74, 6) is 0.700. The molecule has 0 bridgehead atoms. The molecular weight excluding hydrogens is 476 g/mol. The number of ketones is 1. The van der Waals surface area contributed by atoms with E-state index in [-0.39, 0.29) is 24.2 Å². The van der Waals surface area contributed by atoms with Crippen molar-refractivity contribution in [3.05, 3.63) is 125 Å². The van der Waals surface area contributed by atoms with Crippen LogP contribution in [0, 0.1) is 5.92 Å². The summed E-state index contributed by atoms with van der Waals surface area (Å²) < 4.78 is 11.7. The molecule has 3 N–H and O–H groups in total. The van der Waals surface area contributed by atoms with Crippen LogP contribution in [0.3, 0.4) is 0 Å². The number of benzene rings is 4. The molecule has 38 heavy (non-hydrogen) atoms. The van der Waals surface area contributed by atoms with Crippen molar-refractivity contribution in [3.8, 4) is 11.5 Å². The van der Waals surface area contributed by atoms with E-state index in [1.165, 1.54) is 11.1 Å². The van der Waals surface area contributed by atoms with Gasteiger partial charge in [0.15, 0.2) is 5.78 Å². The first kappa shape index (κ1) is 25.2. The maximum atomic E-state index is 13.5. The van der Waals surface area contributed by atoms with Crippen molar-refractivity contribution >= 4 is 17.4 Å². The number of hydrogen-bond donors (Lipinski definition) is 2. The Kier molecular flexibility index (Phi) is 7.81. The second kappa shape index (κ2) is 11.8. The molecular formula is C32H30N2O4. The third-order valence-electron chi connectivity index (χ3n) is 6.71. The average molecular weight is 507 g/mol. The predicted octanol–water partition coefficient (Wildman–Crippen LogP) is 5.36. The first-order chi connectivity index (χ1) is 18.5. The fourth-order valence-electron chi connectivity index (χ4n) is 4.65. The van der Waals surface area contributed by atoms with Crippen molar-refractivity contribution < 1.29 is 19.1 Å². The highest BCUT2D eigenvalue weighted by atomic mass is 16.5. The Morgan fingerprint density at radius 3 is 2.00 bits per heavy atom. The second-order valence-electron chi connectivity index (χ2n) is 9.50. The number of nitrogens with one attached hydrogen (secondary N) is 1. The van der Waals surface area contributed by atoms with Gasteiger partial charge in [-0.25, -0.2) is 0 Å². The molecule has 0 fully saturated rings. The van der Waals surface area contributed by atoms with Crippen LogP contribution in [-0.4, -0.2) is 24.3 Å². The number of carbonyl (C=O) groups is 2. The highest BCUT2D eigenvalue weighted by Crippen LogP contribution is 2.27. The van der Waals surface area contributed by atoms with Gasteiger partial charge in [0.1, 0.15) is 17.5 Å². The fourth-order valence-corrected chi connectivity index (χ4v) is 4.65. The Morgan fingerprint density at radius 1 is 0.789 bits per heavy atom. The number of Topliss-reactive ketones (excluding diaryl/α,β-unsaturated/α-hetero) is 1. The number of anilines is 1. The number of nitrogen functional groups attached to an aromatic ring is 1. The molecule has 1 aliphatic rings. The van der Waals surface area contributed by atoms with Crippen molar-refractivity contribution in [1.82, 2.24) is 5.32 Å². The summed E-state index contributed by atoms with van der Waals surface area (Å²) in [4.78, 5) is 26.7. The van der Waals surface area contributed by atoms with Gasteiger partial charge in [-0.2, -0.15) is 0 Å².